The van der Waals surface area contributed by atoms with Gasteiger partial charge in [0.05, 0.1) is 15.1 Å². The molecule has 0 fully saturated rings. The Hall–Kier alpha value is -0.780. The molecule has 27 heavy (non-hydrogen) atoms. The number of benzene rings is 1. The number of ether oxygens (including phenoxy) is 1. The summed E-state index contributed by atoms with van der Waals surface area (Å²) in [5.74, 6) is 0.441. The average molecular weight is 474 g/mol. The van der Waals surface area contributed by atoms with E-state index >= 15 is 0 Å². The summed E-state index contributed by atoms with van der Waals surface area (Å²) in [6.45, 7) is 2.73. The number of amides is 1. The molecule has 0 saturated heterocycles. The monoisotopic (exact) mass is 471 g/mol. The van der Waals surface area contributed by atoms with Crippen molar-refractivity contribution < 1.29 is 13.9 Å². The number of rotatable bonds is 9. The molecule has 2 aromatic rings. The molecule has 0 radical (unpaired) electrons. The Morgan fingerprint density at radius 1 is 0.963 bits per heavy atom. The number of nitrogens with one attached hydrogen (secondary N) is 1. The summed E-state index contributed by atoms with van der Waals surface area (Å²) in [5, 5.41) is 3.06. The number of halogens is 5. The molecule has 0 unspecified atom stereocenters. The highest BCUT2D eigenvalue weighted by Crippen LogP contribution is 2.48. The third-order valence-corrected chi connectivity index (χ3v) is 5.97. The predicted molar refractivity (Wildman–Crippen MR) is 111 cm³/mol. The van der Waals surface area contributed by atoms with Gasteiger partial charge in [-0.15, -0.1) is 0 Å². The summed E-state index contributed by atoms with van der Waals surface area (Å²) in [6, 6.07) is 3.21. The van der Waals surface area contributed by atoms with Gasteiger partial charge in [-0.3, -0.25) is 4.79 Å². The van der Waals surface area contributed by atoms with Gasteiger partial charge >= 0.3 is 0 Å². The van der Waals surface area contributed by atoms with E-state index in [0.717, 1.165) is 25.7 Å². The lowest BCUT2D eigenvalue weighted by atomic mass is 10.2. The van der Waals surface area contributed by atoms with Gasteiger partial charge in [-0.1, -0.05) is 84.2 Å². The summed E-state index contributed by atoms with van der Waals surface area (Å²) in [7, 11) is 0. The standard InChI is InChI=1S/C18H18Cl5NO3/c1-2-3-4-5-8-24-18(25)11-7-6-10(27-11)9-26-17-15(22)13(20)12(19)14(21)16(17)23/h6-7H,2-5,8-9H2,1H3,(H,24,25). The Bertz CT molecular complexity index is 778. The highest BCUT2D eigenvalue weighted by Gasteiger charge is 2.21. The molecule has 0 aliphatic heterocycles. The van der Waals surface area contributed by atoms with E-state index in [1.54, 1.807) is 12.1 Å². The van der Waals surface area contributed by atoms with E-state index in [4.69, 9.17) is 67.2 Å². The van der Waals surface area contributed by atoms with Gasteiger partial charge in [0.25, 0.3) is 5.91 Å². The van der Waals surface area contributed by atoms with Crippen molar-refractivity contribution in [1.29, 1.82) is 0 Å². The van der Waals surface area contributed by atoms with Crippen molar-refractivity contribution in [3.63, 3.8) is 0 Å². The first-order valence-corrected chi connectivity index (χ1v) is 10.3. The van der Waals surface area contributed by atoms with Crippen LogP contribution < -0.4 is 10.1 Å². The molecule has 0 bridgehead atoms. The quantitative estimate of drug-likeness (QED) is 0.234. The minimum atomic E-state index is -0.272. The van der Waals surface area contributed by atoms with Crippen LogP contribution in [0.25, 0.3) is 0 Å². The molecule has 1 N–H and O–H groups in total. The van der Waals surface area contributed by atoms with Crippen molar-refractivity contribution in [2.75, 3.05) is 6.54 Å². The SMILES string of the molecule is CCCCCCNC(=O)c1ccc(COc2c(Cl)c(Cl)c(Cl)c(Cl)c2Cl)o1. The third-order valence-electron chi connectivity index (χ3n) is 3.73. The Kier molecular flexibility index (Phi) is 8.90. The van der Waals surface area contributed by atoms with Crippen molar-refractivity contribution in [2.24, 2.45) is 0 Å². The highest BCUT2D eigenvalue weighted by molar-refractivity contribution is 6.55. The van der Waals surface area contributed by atoms with Crippen LogP contribution in [0.1, 0.15) is 48.9 Å². The Balaban J connectivity index is 1.96. The fourth-order valence-electron chi connectivity index (χ4n) is 2.27. The maximum Gasteiger partial charge on any atom is 0.286 e. The molecule has 4 nitrogen and oxygen atoms in total. The normalized spacial score (nSPS) is 10.9. The molecule has 1 heterocycles. The molecule has 0 spiro atoms. The van der Waals surface area contributed by atoms with Crippen LogP contribution in [0.5, 0.6) is 5.75 Å². The number of furan rings is 1. The zero-order valence-corrected chi connectivity index (χ0v) is 18.3. The van der Waals surface area contributed by atoms with E-state index in [1.807, 2.05) is 0 Å². The van der Waals surface area contributed by atoms with Crippen LogP contribution >= 0.6 is 58.0 Å². The number of carbonyl (C=O) groups excluding carboxylic acids is 1. The number of hydrogen-bond donors (Lipinski definition) is 1. The number of unbranched alkanes of at least 4 members (excludes halogenated alkanes) is 3. The highest BCUT2D eigenvalue weighted by atomic mass is 35.5. The van der Waals surface area contributed by atoms with Crippen LogP contribution in [-0.2, 0) is 6.61 Å². The molecule has 0 atom stereocenters. The van der Waals surface area contributed by atoms with E-state index < -0.39 is 0 Å². The molecule has 0 saturated carbocycles. The van der Waals surface area contributed by atoms with Gasteiger partial charge in [-0.25, -0.2) is 0 Å². The fraction of sp³-hybridized carbons (Fsp3) is 0.389. The molecule has 1 amide bonds. The van der Waals surface area contributed by atoms with Crippen LogP contribution in [-0.4, -0.2) is 12.5 Å². The van der Waals surface area contributed by atoms with Crippen LogP contribution in [0.15, 0.2) is 16.5 Å². The lowest BCUT2D eigenvalue weighted by molar-refractivity contribution is 0.0921. The van der Waals surface area contributed by atoms with Crippen LogP contribution in [0.4, 0.5) is 0 Å². The molecule has 2 rings (SSSR count). The summed E-state index contributed by atoms with van der Waals surface area (Å²) >= 11 is 30.2. The number of carbonyl (C=O) groups is 1. The summed E-state index contributed by atoms with van der Waals surface area (Å²) in [6.07, 6.45) is 4.32. The summed E-state index contributed by atoms with van der Waals surface area (Å²) in [5.41, 5.74) is 0. The molecule has 0 aliphatic rings. The first-order chi connectivity index (χ1) is 12.9. The van der Waals surface area contributed by atoms with Crippen molar-refractivity contribution >= 4 is 63.9 Å². The van der Waals surface area contributed by atoms with Gasteiger partial charge in [0.2, 0.25) is 0 Å². The minimum absolute atomic E-state index is 0.0164. The van der Waals surface area contributed by atoms with Crippen LogP contribution in [0.2, 0.25) is 25.1 Å². The minimum Gasteiger partial charge on any atom is -0.482 e. The lowest BCUT2D eigenvalue weighted by Crippen LogP contribution is -2.23. The Morgan fingerprint density at radius 3 is 2.22 bits per heavy atom. The number of hydrogen-bond acceptors (Lipinski definition) is 3. The Morgan fingerprint density at radius 2 is 1.59 bits per heavy atom. The second-order valence-electron chi connectivity index (χ2n) is 5.77. The molecule has 0 aliphatic carbocycles. The van der Waals surface area contributed by atoms with Crippen LogP contribution in [0, 0.1) is 0 Å². The van der Waals surface area contributed by atoms with Crippen LogP contribution in [0.3, 0.4) is 0 Å². The van der Waals surface area contributed by atoms with Crippen molar-refractivity contribution in [3.8, 4) is 5.75 Å². The topological polar surface area (TPSA) is 51.5 Å². The van der Waals surface area contributed by atoms with E-state index in [9.17, 15) is 4.79 Å². The lowest BCUT2D eigenvalue weighted by Gasteiger charge is -2.12. The van der Waals surface area contributed by atoms with Crippen molar-refractivity contribution in [2.45, 2.75) is 39.2 Å². The average Bonchev–Trinajstić information content (AvgIpc) is 3.13. The molecular weight excluding hydrogens is 455 g/mol. The zero-order valence-electron chi connectivity index (χ0n) is 14.5. The molecule has 1 aromatic carbocycles. The molecule has 9 heteroatoms. The second-order valence-corrected chi connectivity index (χ2v) is 7.66. The van der Waals surface area contributed by atoms with E-state index in [0.29, 0.717) is 12.3 Å². The van der Waals surface area contributed by atoms with E-state index in [2.05, 4.69) is 12.2 Å². The van der Waals surface area contributed by atoms with Gasteiger partial charge in [0.15, 0.2) is 11.5 Å². The van der Waals surface area contributed by atoms with Gasteiger partial charge < -0.3 is 14.5 Å². The smallest absolute Gasteiger partial charge is 0.286 e. The third kappa shape index (κ3) is 5.85. The largest absolute Gasteiger partial charge is 0.482 e. The van der Waals surface area contributed by atoms with Gasteiger partial charge in [0.1, 0.15) is 22.4 Å². The summed E-state index contributed by atoms with van der Waals surface area (Å²) in [4.78, 5) is 12.1. The Labute approximate surface area is 183 Å². The van der Waals surface area contributed by atoms with Gasteiger partial charge in [-0.2, -0.15) is 0 Å². The fourth-order valence-corrected chi connectivity index (χ4v) is 3.50. The maximum atomic E-state index is 12.1. The second kappa shape index (κ2) is 10.7. The predicted octanol–water partition coefficient (Wildman–Crippen LogP) is 7.44. The molecule has 1 aromatic heterocycles. The van der Waals surface area contributed by atoms with Crippen molar-refractivity contribution in [3.05, 3.63) is 48.8 Å². The summed E-state index contributed by atoms with van der Waals surface area (Å²) < 4.78 is 11.1. The van der Waals surface area contributed by atoms with E-state index in [-0.39, 0.29) is 49.1 Å². The van der Waals surface area contributed by atoms with E-state index in [1.165, 1.54) is 0 Å². The van der Waals surface area contributed by atoms with Gasteiger partial charge in [-0.05, 0) is 18.6 Å². The molecular formula is C18H18Cl5NO3. The molecule has 148 valence electrons. The first-order valence-electron chi connectivity index (χ1n) is 8.37. The van der Waals surface area contributed by atoms with Gasteiger partial charge in [0, 0.05) is 6.54 Å². The van der Waals surface area contributed by atoms with Crippen molar-refractivity contribution in [1.82, 2.24) is 5.32 Å². The first kappa shape index (κ1) is 22.5. The maximum absolute atomic E-state index is 12.1. The zero-order chi connectivity index (χ0) is 20.0.